The fourth-order valence-corrected chi connectivity index (χ4v) is 3.04. The molecule has 0 spiro atoms. The maximum absolute atomic E-state index is 11.7. The molecule has 0 aromatic heterocycles. The first-order valence-corrected chi connectivity index (χ1v) is 7.08. The number of carbonyl (C=O) groups excluding carboxylic acids is 1. The Morgan fingerprint density at radius 2 is 2.21 bits per heavy atom. The number of thioether (sulfide) groups is 1. The van der Waals surface area contributed by atoms with Crippen LogP contribution in [0.1, 0.15) is 12.5 Å². The second kappa shape index (κ2) is 4.83. The number of hydrogen-bond acceptors (Lipinski definition) is 4. The van der Waals surface area contributed by atoms with E-state index in [4.69, 9.17) is 17.0 Å². The van der Waals surface area contributed by atoms with Crippen LogP contribution >= 0.6 is 24.0 Å². The number of benzene rings is 1. The molecule has 5 heteroatoms. The first-order chi connectivity index (χ1) is 9.13. The van der Waals surface area contributed by atoms with E-state index in [9.17, 15) is 4.79 Å². The third-order valence-electron chi connectivity index (χ3n) is 2.95. The summed E-state index contributed by atoms with van der Waals surface area (Å²) in [6, 6.07) is 7.85. The van der Waals surface area contributed by atoms with E-state index in [1.807, 2.05) is 43.3 Å². The number of para-hydroxylation sites is 1. The van der Waals surface area contributed by atoms with Crippen molar-refractivity contribution in [3.8, 4) is 5.75 Å². The van der Waals surface area contributed by atoms with Crippen LogP contribution in [0.4, 0.5) is 0 Å². The van der Waals surface area contributed by atoms with Crippen LogP contribution in [-0.4, -0.2) is 16.3 Å². The summed E-state index contributed by atoms with van der Waals surface area (Å²) in [6.45, 7) is 1.97. The van der Waals surface area contributed by atoms with Crippen molar-refractivity contribution >= 4 is 40.3 Å². The van der Waals surface area contributed by atoms with Crippen LogP contribution in [0, 0.1) is 0 Å². The van der Waals surface area contributed by atoms with Gasteiger partial charge in [0, 0.05) is 5.56 Å². The first-order valence-electron chi connectivity index (χ1n) is 5.85. The monoisotopic (exact) mass is 289 g/mol. The number of ether oxygens (including phenoxy) is 1. The van der Waals surface area contributed by atoms with Crippen LogP contribution in [0.2, 0.25) is 0 Å². The highest BCUT2D eigenvalue weighted by Crippen LogP contribution is 2.32. The molecule has 1 unspecified atom stereocenters. The molecule has 2 heterocycles. The summed E-state index contributed by atoms with van der Waals surface area (Å²) in [4.78, 5) is 12.3. The minimum absolute atomic E-state index is 0.0787. The maximum atomic E-state index is 11.7. The standard InChI is InChI=1S/C14H11NO2S2/c1-8-10(7-12-13(16)15-14(18)19-12)6-9-4-2-3-5-11(9)17-8/h2-8H,1H3,(H,15,16,18)/b12-7-. The van der Waals surface area contributed by atoms with Gasteiger partial charge in [0.05, 0.1) is 4.91 Å². The van der Waals surface area contributed by atoms with Crippen molar-refractivity contribution in [2.24, 2.45) is 0 Å². The molecule has 19 heavy (non-hydrogen) atoms. The number of rotatable bonds is 1. The van der Waals surface area contributed by atoms with E-state index >= 15 is 0 Å². The minimum Gasteiger partial charge on any atom is -0.485 e. The maximum Gasteiger partial charge on any atom is 0.263 e. The van der Waals surface area contributed by atoms with Crippen LogP contribution in [-0.2, 0) is 4.79 Å². The molecule has 2 aliphatic heterocycles. The third-order valence-corrected chi connectivity index (χ3v) is 4.12. The number of carbonyl (C=O) groups is 1. The number of amides is 1. The van der Waals surface area contributed by atoms with Gasteiger partial charge >= 0.3 is 0 Å². The highest BCUT2D eigenvalue weighted by molar-refractivity contribution is 8.26. The molecule has 96 valence electrons. The first kappa shape index (κ1) is 12.4. The van der Waals surface area contributed by atoms with E-state index in [2.05, 4.69) is 5.32 Å². The van der Waals surface area contributed by atoms with Crippen LogP contribution in [0.15, 0.2) is 40.8 Å². The lowest BCUT2D eigenvalue weighted by Gasteiger charge is -2.22. The molecule has 0 saturated carbocycles. The Bertz CT molecular complexity index is 634. The highest BCUT2D eigenvalue weighted by atomic mass is 32.2. The number of fused-ring (bicyclic) bond motifs is 1. The van der Waals surface area contributed by atoms with Crippen molar-refractivity contribution in [3.63, 3.8) is 0 Å². The molecule has 3 nitrogen and oxygen atoms in total. The van der Waals surface area contributed by atoms with Gasteiger partial charge in [-0.2, -0.15) is 0 Å². The van der Waals surface area contributed by atoms with Gasteiger partial charge in [-0.3, -0.25) is 4.79 Å². The summed E-state index contributed by atoms with van der Waals surface area (Å²) in [5.41, 5.74) is 2.00. The average molecular weight is 289 g/mol. The van der Waals surface area contributed by atoms with E-state index in [0.29, 0.717) is 9.23 Å². The molecule has 0 aliphatic carbocycles. The van der Waals surface area contributed by atoms with Gasteiger partial charge in [-0.15, -0.1) is 0 Å². The molecule has 1 fully saturated rings. The summed E-state index contributed by atoms with van der Waals surface area (Å²) < 4.78 is 6.33. The van der Waals surface area contributed by atoms with Crippen LogP contribution < -0.4 is 10.1 Å². The summed E-state index contributed by atoms with van der Waals surface area (Å²) in [5, 5.41) is 2.61. The summed E-state index contributed by atoms with van der Waals surface area (Å²) in [7, 11) is 0. The number of nitrogens with one attached hydrogen (secondary N) is 1. The smallest absolute Gasteiger partial charge is 0.263 e. The van der Waals surface area contributed by atoms with E-state index in [0.717, 1.165) is 16.9 Å². The average Bonchev–Trinajstić information content (AvgIpc) is 2.69. The van der Waals surface area contributed by atoms with Gasteiger partial charge in [0.1, 0.15) is 16.2 Å². The van der Waals surface area contributed by atoms with E-state index in [-0.39, 0.29) is 12.0 Å². The normalized spacial score (nSPS) is 23.7. The molecule has 1 aromatic rings. The predicted molar refractivity (Wildman–Crippen MR) is 80.9 cm³/mol. The molecule has 1 aromatic carbocycles. The van der Waals surface area contributed by atoms with Gasteiger partial charge in [-0.1, -0.05) is 42.2 Å². The van der Waals surface area contributed by atoms with Crippen molar-refractivity contribution < 1.29 is 9.53 Å². The van der Waals surface area contributed by atoms with Crippen molar-refractivity contribution in [2.75, 3.05) is 0 Å². The zero-order valence-electron chi connectivity index (χ0n) is 10.2. The Kier molecular flexibility index (Phi) is 3.16. The second-order valence-corrected chi connectivity index (χ2v) is 6.01. The number of hydrogen-bond donors (Lipinski definition) is 1. The summed E-state index contributed by atoms with van der Waals surface area (Å²) in [6.07, 6.45) is 3.82. The quantitative estimate of drug-likeness (QED) is 0.637. The van der Waals surface area contributed by atoms with E-state index in [1.54, 1.807) is 0 Å². The predicted octanol–water partition coefficient (Wildman–Crippen LogP) is 2.88. The molecule has 2 aliphatic rings. The van der Waals surface area contributed by atoms with Crippen molar-refractivity contribution in [1.82, 2.24) is 5.32 Å². The zero-order valence-corrected chi connectivity index (χ0v) is 11.8. The molecular weight excluding hydrogens is 278 g/mol. The highest BCUT2D eigenvalue weighted by Gasteiger charge is 2.24. The Balaban J connectivity index is 1.97. The zero-order chi connectivity index (χ0) is 13.4. The molecule has 1 N–H and O–H groups in total. The van der Waals surface area contributed by atoms with Gasteiger partial charge in [-0.05, 0) is 30.7 Å². The topological polar surface area (TPSA) is 38.3 Å². The lowest BCUT2D eigenvalue weighted by molar-refractivity contribution is -0.115. The molecule has 1 amide bonds. The van der Waals surface area contributed by atoms with Crippen molar-refractivity contribution in [3.05, 3.63) is 46.4 Å². The minimum atomic E-state index is -0.137. The van der Waals surface area contributed by atoms with Gasteiger partial charge in [0.25, 0.3) is 5.91 Å². The Morgan fingerprint density at radius 1 is 1.42 bits per heavy atom. The van der Waals surface area contributed by atoms with Crippen molar-refractivity contribution in [2.45, 2.75) is 13.0 Å². The molecule has 0 bridgehead atoms. The summed E-state index contributed by atoms with van der Waals surface area (Å²) >= 11 is 6.26. The fourth-order valence-electron chi connectivity index (χ4n) is 1.99. The Hall–Kier alpha value is -1.59. The largest absolute Gasteiger partial charge is 0.485 e. The van der Waals surface area contributed by atoms with Gasteiger partial charge in [0.15, 0.2) is 0 Å². The van der Waals surface area contributed by atoms with Gasteiger partial charge in [0.2, 0.25) is 0 Å². The van der Waals surface area contributed by atoms with Gasteiger partial charge in [-0.25, -0.2) is 0 Å². The SMILES string of the molecule is CC1Oc2ccccc2C=C1/C=C1\SC(=S)NC1=O. The molecule has 1 atom stereocenters. The van der Waals surface area contributed by atoms with Crippen LogP contribution in [0.25, 0.3) is 6.08 Å². The molecular formula is C14H11NO2S2. The lowest BCUT2D eigenvalue weighted by Crippen LogP contribution is -2.20. The molecule has 1 saturated heterocycles. The molecule has 0 radical (unpaired) electrons. The third kappa shape index (κ3) is 2.43. The van der Waals surface area contributed by atoms with Crippen molar-refractivity contribution in [1.29, 1.82) is 0 Å². The van der Waals surface area contributed by atoms with E-state index < -0.39 is 0 Å². The Morgan fingerprint density at radius 3 is 2.95 bits per heavy atom. The fraction of sp³-hybridized carbons (Fsp3) is 0.143. The Labute approximate surface area is 120 Å². The van der Waals surface area contributed by atoms with Crippen LogP contribution in [0.5, 0.6) is 5.75 Å². The lowest BCUT2D eigenvalue weighted by atomic mass is 10.0. The molecule has 3 rings (SSSR count). The number of thiocarbonyl (C=S) groups is 1. The second-order valence-electron chi connectivity index (χ2n) is 4.29. The van der Waals surface area contributed by atoms with Crippen LogP contribution in [0.3, 0.4) is 0 Å². The summed E-state index contributed by atoms with van der Waals surface area (Å²) in [5.74, 6) is 0.734. The van der Waals surface area contributed by atoms with E-state index in [1.165, 1.54) is 11.8 Å². The van der Waals surface area contributed by atoms with Gasteiger partial charge < -0.3 is 10.1 Å².